The molecule has 0 aliphatic heterocycles. The van der Waals surface area contributed by atoms with Crippen molar-refractivity contribution in [3.8, 4) is 0 Å². The number of carbonyl (C=O) groups excluding carboxylic acids is 1. The molecule has 0 aliphatic carbocycles. The van der Waals surface area contributed by atoms with E-state index in [-0.39, 0.29) is 0 Å². The molecule has 0 saturated carbocycles. The molecular weight excluding hydrogens is 224 g/mol. The van der Waals surface area contributed by atoms with Crippen molar-refractivity contribution in [1.29, 1.82) is 0 Å². The van der Waals surface area contributed by atoms with E-state index in [1.807, 2.05) is 18.2 Å². The fourth-order valence-corrected chi connectivity index (χ4v) is 0.955. The van der Waals surface area contributed by atoms with Crippen LogP contribution in [-0.2, 0) is 9.63 Å². The molecule has 1 aromatic rings. The van der Waals surface area contributed by atoms with Crippen molar-refractivity contribution in [3.05, 3.63) is 30.3 Å². The normalized spacial score (nSPS) is 11.0. The molecule has 1 rings (SSSR count). The fraction of sp³-hybridized carbons (Fsp3) is 0.364. The molecule has 1 aromatic carbocycles. The van der Waals surface area contributed by atoms with Gasteiger partial charge in [0.15, 0.2) is 0 Å². The summed E-state index contributed by atoms with van der Waals surface area (Å²) in [5, 5.41) is 17.9. The van der Waals surface area contributed by atoms with E-state index in [0.717, 1.165) is 5.69 Å². The Morgan fingerprint density at radius 1 is 1.29 bits per heavy atom. The van der Waals surface area contributed by atoms with Crippen LogP contribution in [-0.4, -0.2) is 29.4 Å². The number of hydrogen-bond donors (Lipinski definition) is 4. The van der Waals surface area contributed by atoms with E-state index in [2.05, 4.69) is 15.9 Å². The summed E-state index contributed by atoms with van der Waals surface area (Å²) >= 11 is 0. The van der Waals surface area contributed by atoms with Gasteiger partial charge in [0, 0.05) is 0 Å². The molecule has 0 fully saturated rings. The first kappa shape index (κ1) is 13.4. The van der Waals surface area contributed by atoms with Crippen molar-refractivity contribution in [2.45, 2.75) is 6.92 Å². The molecule has 0 aromatic heterocycles. The maximum atomic E-state index is 11.5. The summed E-state index contributed by atoms with van der Waals surface area (Å²) in [6.45, 7) is 0.421. The van der Waals surface area contributed by atoms with Crippen LogP contribution in [0.25, 0.3) is 0 Å². The molecule has 94 valence electrons. The number of hydrazine groups is 1. The Hall–Kier alpha value is -1.63. The van der Waals surface area contributed by atoms with Gasteiger partial charge >= 0.3 is 5.97 Å². The van der Waals surface area contributed by atoms with Gasteiger partial charge in [-0.15, -0.1) is 0 Å². The number of rotatable bonds is 6. The number of aliphatic hydroxyl groups excluding tert-OH is 2. The number of benzene rings is 1. The highest BCUT2D eigenvalue weighted by atomic mass is 16.7. The Balaban J connectivity index is 2.39. The lowest BCUT2D eigenvalue weighted by atomic mass is 9.94. The minimum Gasteiger partial charge on any atom is -0.395 e. The van der Waals surface area contributed by atoms with Gasteiger partial charge in [-0.3, -0.25) is 5.43 Å². The molecule has 0 amide bonds. The molecule has 0 heterocycles. The lowest BCUT2D eigenvalue weighted by Gasteiger charge is -2.21. The van der Waals surface area contributed by atoms with Gasteiger partial charge in [-0.05, 0) is 19.1 Å². The summed E-state index contributed by atoms with van der Waals surface area (Å²) in [6.07, 6.45) is 0. The fourth-order valence-electron chi connectivity index (χ4n) is 0.955. The quantitative estimate of drug-likeness (QED) is 0.525. The van der Waals surface area contributed by atoms with Crippen LogP contribution in [0.15, 0.2) is 30.3 Å². The lowest BCUT2D eigenvalue weighted by molar-refractivity contribution is -0.166. The van der Waals surface area contributed by atoms with E-state index in [9.17, 15) is 4.79 Å². The predicted molar refractivity (Wildman–Crippen MR) is 61.6 cm³/mol. The highest BCUT2D eigenvalue weighted by Crippen LogP contribution is 2.15. The van der Waals surface area contributed by atoms with Crippen LogP contribution in [0.3, 0.4) is 0 Å². The Bertz CT molecular complexity index is 352. The van der Waals surface area contributed by atoms with Gasteiger partial charge < -0.3 is 15.1 Å². The average molecular weight is 240 g/mol. The molecule has 0 radical (unpaired) electrons. The van der Waals surface area contributed by atoms with E-state index < -0.39 is 24.6 Å². The third-order valence-electron chi connectivity index (χ3n) is 2.30. The first-order chi connectivity index (χ1) is 8.12. The van der Waals surface area contributed by atoms with E-state index in [4.69, 9.17) is 10.2 Å². The largest absolute Gasteiger partial charge is 0.395 e. The molecule has 0 spiro atoms. The third-order valence-corrected chi connectivity index (χ3v) is 2.30. The van der Waals surface area contributed by atoms with Crippen LogP contribution in [0, 0.1) is 5.41 Å². The van der Waals surface area contributed by atoms with Crippen molar-refractivity contribution < 1.29 is 19.8 Å². The summed E-state index contributed by atoms with van der Waals surface area (Å²) < 4.78 is 0. The Morgan fingerprint density at radius 3 is 2.41 bits per heavy atom. The van der Waals surface area contributed by atoms with Crippen LogP contribution in [0.1, 0.15) is 6.92 Å². The number of nitrogens with one attached hydrogen (secondary N) is 2. The van der Waals surface area contributed by atoms with Crippen molar-refractivity contribution in [2.24, 2.45) is 5.41 Å². The van der Waals surface area contributed by atoms with Crippen LogP contribution in [0.2, 0.25) is 0 Å². The SMILES string of the molecule is CC(CO)(CO)C(=O)ONNc1ccccc1. The minimum absolute atomic E-state index is 0.491. The van der Waals surface area contributed by atoms with E-state index in [1.165, 1.54) is 6.92 Å². The van der Waals surface area contributed by atoms with Crippen LogP contribution >= 0.6 is 0 Å². The number of carbonyl (C=O) groups is 1. The Kier molecular flexibility index (Phi) is 4.89. The van der Waals surface area contributed by atoms with E-state index in [1.54, 1.807) is 12.1 Å². The standard InChI is InChI=1S/C11H16N2O4/c1-11(7-14,8-15)10(16)17-13-12-9-5-3-2-4-6-9/h2-6,12-15H,7-8H2,1H3. The molecule has 0 saturated heterocycles. The third kappa shape index (κ3) is 3.70. The molecule has 6 nitrogen and oxygen atoms in total. The van der Waals surface area contributed by atoms with E-state index >= 15 is 0 Å². The number of para-hydroxylation sites is 1. The molecule has 0 bridgehead atoms. The highest BCUT2D eigenvalue weighted by Gasteiger charge is 2.34. The molecule has 0 aliphatic rings. The van der Waals surface area contributed by atoms with Crippen molar-refractivity contribution >= 4 is 11.7 Å². The number of anilines is 1. The molecule has 17 heavy (non-hydrogen) atoms. The summed E-state index contributed by atoms with van der Waals surface area (Å²) in [6, 6.07) is 9.04. The number of hydrogen-bond acceptors (Lipinski definition) is 6. The second-order valence-corrected chi connectivity index (χ2v) is 3.86. The topological polar surface area (TPSA) is 90.8 Å². The zero-order chi connectivity index (χ0) is 12.7. The van der Waals surface area contributed by atoms with Gasteiger partial charge in [-0.1, -0.05) is 23.8 Å². The minimum atomic E-state index is -1.31. The average Bonchev–Trinajstić information content (AvgIpc) is 2.39. The van der Waals surface area contributed by atoms with Crippen LogP contribution in [0.5, 0.6) is 0 Å². The Labute approximate surface area is 99.1 Å². The highest BCUT2D eigenvalue weighted by molar-refractivity contribution is 5.76. The van der Waals surface area contributed by atoms with Crippen molar-refractivity contribution in [2.75, 3.05) is 18.6 Å². The van der Waals surface area contributed by atoms with Crippen molar-refractivity contribution in [1.82, 2.24) is 5.59 Å². The molecule has 6 heteroatoms. The number of aliphatic hydroxyl groups is 2. The van der Waals surface area contributed by atoms with Crippen molar-refractivity contribution in [3.63, 3.8) is 0 Å². The summed E-state index contributed by atoms with van der Waals surface area (Å²) in [7, 11) is 0. The van der Waals surface area contributed by atoms with Crippen LogP contribution < -0.4 is 11.0 Å². The predicted octanol–water partition coefficient (Wildman–Crippen LogP) is 0.0522. The zero-order valence-corrected chi connectivity index (χ0v) is 9.51. The summed E-state index contributed by atoms with van der Waals surface area (Å²) in [4.78, 5) is 16.1. The molecule has 4 N–H and O–H groups in total. The van der Waals surface area contributed by atoms with Gasteiger partial charge in [0.05, 0.1) is 18.9 Å². The van der Waals surface area contributed by atoms with E-state index in [0.29, 0.717) is 0 Å². The molecule has 0 unspecified atom stereocenters. The summed E-state index contributed by atoms with van der Waals surface area (Å²) in [5.41, 5.74) is 4.30. The van der Waals surface area contributed by atoms with Gasteiger partial charge in [-0.2, -0.15) is 0 Å². The zero-order valence-electron chi connectivity index (χ0n) is 9.51. The maximum Gasteiger partial charge on any atom is 0.337 e. The first-order valence-corrected chi connectivity index (χ1v) is 5.11. The van der Waals surface area contributed by atoms with Gasteiger partial charge in [0.25, 0.3) is 0 Å². The second kappa shape index (κ2) is 6.19. The molecule has 0 atom stereocenters. The maximum absolute atomic E-state index is 11.5. The molecular formula is C11H16N2O4. The second-order valence-electron chi connectivity index (χ2n) is 3.86. The van der Waals surface area contributed by atoms with Crippen LogP contribution in [0.4, 0.5) is 5.69 Å². The van der Waals surface area contributed by atoms with Gasteiger partial charge in [-0.25, -0.2) is 4.79 Å². The smallest absolute Gasteiger partial charge is 0.337 e. The lowest BCUT2D eigenvalue weighted by Crippen LogP contribution is -2.41. The summed E-state index contributed by atoms with van der Waals surface area (Å²) in [5.74, 6) is -0.745. The van der Waals surface area contributed by atoms with Gasteiger partial charge in [0.2, 0.25) is 0 Å². The monoisotopic (exact) mass is 240 g/mol. The first-order valence-electron chi connectivity index (χ1n) is 5.11. The van der Waals surface area contributed by atoms with Gasteiger partial charge in [0.1, 0.15) is 5.41 Å². The Morgan fingerprint density at radius 2 is 1.88 bits per heavy atom.